The summed E-state index contributed by atoms with van der Waals surface area (Å²) in [6, 6.07) is 16.5. The van der Waals surface area contributed by atoms with Gasteiger partial charge in [-0.1, -0.05) is 23.7 Å². The lowest BCUT2D eigenvalue weighted by Crippen LogP contribution is -2.32. The van der Waals surface area contributed by atoms with E-state index in [1.54, 1.807) is 45.5 Å². The number of primary amides is 1. The van der Waals surface area contributed by atoms with Crippen LogP contribution in [0, 0.1) is 0 Å². The molecule has 0 fully saturated rings. The zero-order valence-corrected chi connectivity index (χ0v) is 22.7. The molecule has 0 bridgehead atoms. The number of para-hydroxylation sites is 1. The Morgan fingerprint density at radius 1 is 0.974 bits per heavy atom. The number of nitrogens with zero attached hydrogens (tertiary/aromatic N) is 1. The summed E-state index contributed by atoms with van der Waals surface area (Å²) >= 11 is 6.39. The monoisotopic (exact) mass is 542 g/mol. The molecule has 202 valence electrons. The summed E-state index contributed by atoms with van der Waals surface area (Å²) in [5.74, 6) is 1.88. The molecule has 1 aliphatic heterocycles. The van der Waals surface area contributed by atoms with Gasteiger partial charge in [0.25, 0.3) is 5.91 Å². The molecular formula is C28H31ClN2O7. The van der Waals surface area contributed by atoms with E-state index in [1.165, 1.54) is 6.92 Å². The molecule has 0 aliphatic carbocycles. The van der Waals surface area contributed by atoms with Crippen LogP contribution in [0.25, 0.3) is 0 Å². The van der Waals surface area contributed by atoms with Gasteiger partial charge in [0.2, 0.25) is 5.91 Å². The Balaban J connectivity index is 0.000000934. The molecule has 0 spiro atoms. The third-order valence-electron chi connectivity index (χ3n) is 5.78. The van der Waals surface area contributed by atoms with Gasteiger partial charge in [-0.25, -0.2) is 0 Å². The number of carbonyl (C=O) groups excluding carboxylic acids is 2. The summed E-state index contributed by atoms with van der Waals surface area (Å²) in [5, 5.41) is 0.533. The average Bonchev–Trinajstić information content (AvgIpc) is 3.03. The van der Waals surface area contributed by atoms with Crippen LogP contribution in [-0.2, 0) is 20.9 Å². The predicted octanol–water partition coefficient (Wildman–Crippen LogP) is 4.52. The van der Waals surface area contributed by atoms with Gasteiger partial charge in [-0.2, -0.15) is 0 Å². The second kappa shape index (κ2) is 13.0. The van der Waals surface area contributed by atoms with Crippen molar-refractivity contribution in [1.82, 2.24) is 0 Å². The third-order valence-corrected chi connectivity index (χ3v) is 6.01. The van der Waals surface area contributed by atoms with Crippen molar-refractivity contribution in [3.63, 3.8) is 0 Å². The Morgan fingerprint density at radius 2 is 1.68 bits per heavy atom. The molecule has 3 aromatic carbocycles. The summed E-state index contributed by atoms with van der Waals surface area (Å²) < 4.78 is 28.1. The molecule has 1 atom stereocenters. The van der Waals surface area contributed by atoms with Crippen molar-refractivity contribution in [3.05, 3.63) is 76.3 Å². The molecule has 1 aliphatic rings. The van der Waals surface area contributed by atoms with Crippen LogP contribution in [0.4, 0.5) is 5.69 Å². The zero-order valence-electron chi connectivity index (χ0n) is 21.9. The van der Waals surface area contributed by atoms with Gasteiger partial charge in [0.15, 0.2) is 11.5 Å². The largest absolute Gasteiger partial charge is 0.497 e. The first-order valence-corrected chi connectivity index (χ1v) is 12.0. The van der Waals surface area contributed by atoms with Crippen molar-refractivity contribution in [3.8, 4) is 23.0 Å². The fourth-order valence-corrected chi connectivity index (χ4v) is 4.32. The first-order valence-electron chi connectivity index (χ1n) is 11.6. The van der Waals surface area contributed by atoms with Gasteiger partial charge in [0.1, 0.15) is 24.2 Å². The maximum atomic E-state index is 13.3. The van der Waals surface area contributed by atoms with Crippen molar-refractivity contribution in [2.45, 2.75) is 19.6 Å². The number of fused-ring (bicyclic) bond motifs is 1. The molecule has 9 nitrogen and oxygen atoms in total. The lowest BCUT2D eigenvalue weighted by atomic mass is 9.97. The summed E-state index contributed by atoms with van der Waals surface area (Å²) in [6.07, 6.45) is -0.592. The minimum Gasteiger partial charge on any atom is -0.497 e. The SMILES string of the molecule is CC(N)=O.COc1ccc(CN2C(=O)CO[C@H](c3cccc(OC)c3OC)c3cc(Cl)ccc32)c(OC)c1. The normalized spacial score (nSPS) is 14.4. The van der Waals surface area contributed by atoms with Crippen molar-refractivity contribution in [2.75, 3.05) is 39.9 Å². The molecule has 0 radical (unpaired) electrons. The fraction of sp³-hybridized carbons (Fsp3) is 0.286. The number of hydrogen-bond donors (Lipinski definition) is 1. The molecule has 0 saturated carbocycles. The minimum absolute atomic E-state index is 0.129. The smallest absolute Gasteiger partial charge is 0.253 e. The van der Waals surface area contributed by atoms with Crippen LogP contribution in [0.1, 0.15) is 29.7 Å². The number of benzene rings is 3. The lowest BCUT2D eigenvalue weighted by molar-refractivity contribution is -0.124. The quantitative estimate of drug-likeness (QED) is 0.467. The van der Waals surface area contributed by atoms with Crippen LogP contribution >= 0.6 is 11.6 Å². The average molecular weight is 543 g/mol. The van der Waals surface area contributed by atoms with E-state index in [-0.39, 0.29) is 25.0 Å². The van der Waals surface area contributed by atoms with Gasteiger partial charge in [-0.15, -0.1) is 0 Å². The van der Waals surface area contributed by atoms with Crippen LogP contribution in [0.3, 0.4) is 0 Å². The number of halogens is 1. The Bertz CT molecular complexity index is 1290. The van der Waals surface area contributed by atoms with E-state index in [9.17, 15) is 9.59 Å². The number of carbonyl (C=O) groups is 2. The predicted molar refractivity (Wildman–Crippen MR) is 144 cm³/mol. The number of rotatable bonds is 7. The van der Waals surface area contributed by atoms with Crippen LogP contribution < -0.4 is 29.6 Å². The highest BCUT2D eigenvalue weighted by molar-refractivity contribution is 6.30. The molecular weight excluding hydrogens is 512 g/mol. The fourth-order valence-electron chi connectivity index (χ4n) is 4.14. The molecule has 3 aromatic rings. The number of hydrogen-bond acceptors (Lipinski definition) is 7. The molecule has 0 saturated heterocycles. The van der Waals surface area contributed by atoms with Gasteiger partial charge in [-0.3, -0.25) is 9.59 Å². The van der Waals surface area contributed by atoms with Gasteiger partial charge in [-0.05, 0) is 36.4 Å². The van der Waals surface area contributed by atoms with E-state index >= 15 is 0 Å². The topological polar surface area (TPSA) is 110 Å². The van der Waals surface area contributed by atoms with Gasteiger partial charge in [0.05, 0.1) is 40.7 Å². The van der Waals surface area contributed by atoms with Crippen LogP contribution in [-0.4, -0.2) is 46.9 Å². The summed E-state index contributed by atoms with van der Waals surface area (Å²) in [6.45, 7) is 1.46. The van der Waals surface area contributed by atoms with E-state index in [1.807, 2.05) is 42.5 Å². The molecule has 38 heavy (non-hydrogen) atoms. The highest BCUT2D eigenvalue weighted by Gasteiger charge is 2.32. The van der Waals surface area contributed by atoms with Gasteiger partial charge < -0.3 is 34.3 Å². The first-order chi connectivity index (χ1) is 18.2. The Kier molecular flexibility index (Phi) is 9.81. The van der Waals surface area contributed by atoms with Crippen LogP contribution in [0.15, 0.2) is 54.6 Å². The van der Waals surface area contributed by atoms with Crippen LogP contribution in [0.2, 0.25) is 5.02 Å². The summed E-state index contributed by atoms with van der Waals surface area (Å²) in [7, 11) is 6.33. The highest BCUT2D eigenvalue weighted by Crippen LogP contribution is 2.44. The van der Waals surface area contributed by atoms with Crippen LogP contribution in [0.5, 0.6) is 23.0 Å². The van der Waals surface area contributed by atoms with Crippen molar-refractivity contribution < 1.29 is 33.3 Å². The maximum absolute atomic E-state index is 13.3. The summed E-state index contributed by atoms with van der Waals surface area (Å²) in [5.41, 5.74) is 7.48. The highest BCUT2D eigenvalue weighted by atomic mass is 35.5. The van der Waals surface area contributed by atoms with Crippen molar-refractivity contribution in [1.29, 1.82) is 0 Å². The van der Waals surface area contributed by atoms with Crippen molar-refractivity contribution in [2.24, 2.45) is 5.73 Å². The maximum Gasteiger partial charge on any atom is 0.253 e. The third kappa shape index (κ3) is 6.48. The molecule has 10 heteroatoms. The van der Waals surface area contributed by atoms with Crippen molar-refractivity contribution >= 4 is 29.1 Å². The van der Waals surface area contributed by atoms with E-state index < -0.39 is 6.10 Å². The molecule has 0 aromatic heterocycles. The van der Waals surface area contributed by atoms with Gasteiger partial charge in [0, 0.05) is 34.7 Å². The van der Waals surface area contributed by atoms with E-state index in [0.717, 1.165) is 16.7 Å². The Morgan fingerprint density at radius 3 is 2.32 bits per heavy atom. The molecule has 2 amide bonds. The molecule has 0 unspecified atom stereocenters. The first kappa shape index (κ1) is 28.6. The number of nitrogens with two attached hydrogens (primary N) is 1. The standard InChI is InChI=1S/C26H26ClNO6.C2H5NO/c1-30-18-10-8-16(23(13-18)32-3)14-28-21-11-9-17(27)12-20(21)25(34-15-24(28)29)19-6-5-7-22(31-2)26(19)33-4;1-2(3)4/h5-13,25H,14-15H2,1-4H3;1H3,(H2,3,4)/t25-;/m1./s1. The molecule has 4 rings (SSSR count). The second-order valence-corrected chi connectivity index (χ2v) is 8.68. The van der Waals surface area contributed by atoms with E-state index in [2.05, 4.69) is 5.73 Å². The molecule has 1 heterocycles. The van der Waals surface area contributed by atoms with E-state index in [0.29, 0.717) is 33.7 Å². The Labute approximate surface area is 226 Å². The van der Waals surface area contributed by atoms with Gasteiger partial charge >= 0.3 is 0 Å². The van der Waals surface area contributed by atoms with E-state index in [4.69, 9.17) is 35.3 Å². The lowest BCUT2D eigenvalue weighted by Gasteiger charge is -2.25. The molecule has 2 N–H and O–H groups in total. The zero-order chi connectivity index (χ0) is 27.8. The number of methoxy groups -OCH3 is 4. The Hall–Kier alpha value is -3.95. The minimum atomic E-state index is -0.592. The summed E-state index contributed by atoms with van der Waals surface area (Å²) in [4.78, 5) is 24.2. The number of amides is 2. The number of ether oxygens (including phenoxy) is 5. The number of anilines is 1. The second-order valence-electron chi connectivity index (χ2n) is 8.25.